The number of hydrogen-bond acceptors (Lipinski definition) is 8. The Labute approximate surface area is 294 Å². The molecular formula is C42H26N4O2S2. The lowest BCUT2D eigenvalue weighted by Crippen LogP contribution is -1.90. The summed E-state index contributed by atoms with van der Waals surface area (Å²) in [5.41, 5.74) is 5.86. The molecule has 2 N–H and O–H groups in total. The lowest BCUT2D eigenvalue weighted by molar-refractivity contribution is 0.477. The van der Waals surface area contributed by atoms with E-state index in [1.54, 1.807) is 35.1 Å². The molecule has 0 amide bonds. The summed E-state index contributed by atoms with van der Waals surface area (Å²) in [6.07, 6.45) is 3.43. The Balaban J connectivity index is 1.04. The Morgan fingerprint density at radius 3 is 1.32 bits per heavy atom. The molecule has 0 atom stereocenters. The van der Waals surface area contributed by atoms with Crippen LogP contribution < -0.4 is 0 Å². The second kappa shape index (κ2) is 12.3. The van der Waals surface area contributed by atoms with Crippen molar-refractivity contribution in [2.75, 3.05) is 0 Å². The van der Waals surface area contributed by atoms with Crippen LogP contribution in [0.25, 0.3) is 63.1 Å². The number of fused-ring (bicyclic) bond motifs is 4. The molecule has 9 rings (SSSR count). The zero-order chi connectivity index (χ0) is 33.6. The zero-order valence-corrected chi connectivity index (χ0v) is 28.0. The van der Waals surface area contributed by atoms with Crippen molar-refractivity contribution in [2.45, 2.75) is 0 Å². The molecule has 6 nitrogen and oxygen atoms in total. The van der Waals surface area contributed by atoms with Gasteiger partial charge in [0.15, 0.2) is 0 Å². The number of nitrogens with zero attached hydrogens (tertiary/aromatic N) is 4. The van der Waals surface area contributed by atoms with Gasteiger partial charge in [0, 0.05) is 23.6 Å². The minimum atomic E-state index is 0.146. The van der Waals surface area contributed by atoms with Crippen molar-refractivity contribution in [1.82, 2.24) is 9.97 Å². The third-order valence-electron chi connectivity index (χ3n) is 8.71. The molecule has 0 aliphatic heterocycles. The SMILES string of the molecule is Oc1c(-c2nc3ccccc3s2)cc2ccccc2c1C=Nc1ccc(N=Cc2c(O)c(-c3nc4ccccc4s3)cc3ccccc23)cc1. The van der Waals surface area contributed by atoms with Crippen LogP contribution in [0.4, 0.5) is 11.4 Å². The Kier molecular flexibility index (Phi) is 7.38. The summed E-state index contributed by atoms with van der Waals surface area (Å²) in [6, 6.07) is 43.4. The molecular weight excluding hydrogens is 657 g/mol. The first kappa shape index (κ1) is 29.9. The normalized spacial score (nSPS) is 12.0. The summed E-state index contributed by atoms with van der Waals surface area (Å²) in [6.45, 7) is 0. The molecule has 50 heavy (non-hydrogen) atoms. The standard InChI is InChI=1S/C42H26N4O2S2/c47-39-31(41-45-35-13-5-7-15-37(35)49-41)21-25-9-1-3-11-29(25)33(39)23-43-27-17-19-28(20-18-27)44-24-34-30-12-4-2-10-26(30)22-32(40(34)48)42-46-36-14-6-8-16-38(36)50-42/h1-24,47-48H. The first-order valence-electron chi connectivity index (χ1n) is 16.0. The first-order chi connectivity index (χ1) is 24.6. The van der Waals surface area contributed by atoms with Crippen LogP contribution in [0.15, 0.2) is 143 Å². The number of para-hydroxylation sites is 2. The highest BCUT2D eigenvalue weighted by atomic mass is 32.1. The smallest absolute Gasteiger partial charge is 0.135 e. The highest BCUT2D eigenvalue weighted by Crippen LogP contribution is 2.42. The van der Waals surface area contributed by atoms with E-state index >= 15 is 0 Å². The second-order valence-corrected chi connectivity index (χ2v) is 13.9. The highest BCUT2D eigenvalue weighted by molar-refractivity contribution is 7.22. The third-order valence-corrected chi connectivity index (χ3v) is 10.8. The predicted molar refractivity (Wildman–Crippen MR) is 209 cm³/mol. The third kappa shape index (κ3) is 5.37. The predicted octanol–water partition coefficient (Wildman–Crippen LogP) is 11.5. The van der Waals surface area contributed by atoms with Gasteiger partial charge >= 0.3 is 0 Å². The number of aromatic nitrogens is 2. The van der Waals surface area contributed by atoms with Crippen molar-refractivity contribution in [3.05, 3.63) is 145 Å². The Hall–Kier alpha value is -6.22. The van der Waals surface area contributed by atoms with Crippen LogP contribution in [0.2, 0.25) is 0 Å². The summed E-state index contributed by atoms with van der Waals surface area (Å²) >= 11 is 3.11. The summed E-state index contributed by atoms with van der Waals surface area (Å²) < 4.78 is 2.13. The maximum Gasteiger partial charge on any atom is 0.135 e. The topological polar surface area (TPSA) is 91.0 Å². The quantitative estimate of drug-likeness (QED) is 0.171. The van der Waals surface area contributed by atoms with E-state index in [1.807, 2.05) is 133 Å². The van der Waals surface area contributed by atoms with Gasteiger partial charge in [0.1, 0.15) is 21.5 Å². The summed E-state index contributed by atoms with van der Waals surface area (Å²) in [7, 11) is 0. The first-order valence-corrected chi connectivity index (χ1v) is 17.6. The Morgan fingerprint density at radius 2 is 0.880 bits per heavy atom. The van der Waals surface area contributed by atoms with Gasteiger partial charge < -0.3 is 10.2 Å². The average molecular weight is 683 g/mol. The van der Waals surface area contributed by atoms with Gasteiger partial charge in [0.05, 0.1) is 42.9 Å². The van der Waals surface area contributed by atoms with Crippen molar-refractivity contribution in [3.8, 4) is 32.6 Å². The van der Waals surface area contributed by atoms with E-state index in [9.17, 15) is 10.2 Å². The summed E-state index contributed by atoms with van der Waals surface area (Å²) in [5, 5.41) is 28.4. The molecule has 2 heterocycles. The van der Waals surface area contributed by atoms with Gasteiger partial charge in [-0.15, -0.1) is 22.7 Å². The van der Waals surface area contributed by atoms with E-state index in [0.717, 1.165) is 52.0 Å². The lowest BCUT2D eigenvalue weighted by Gasteiger charge is -2.10. The fourth-order valence-corrected chi connectivity index (χ4v) is 8.16. The van der Waals surface area contributed by atoms with Gasteiger partial charge in [-0.2, -0.15) is 0 Å². The van der Waals surface area contributed by atoms with Crippen LogP contribution in [-0.4, -0.2) is 32.6 Å². The van der Waals surface area contributed by atoms with E-state index in [4.69, 9.17) is 20.0 Å². The largest absolute Gasteiger partial charge is 0.507 e. The number of aliphatic imine (C=N–C) groups is 2. The van der Waals surface area contributed by atoms with Crippen LogP contribution in [0.3, 0.4) is 0 Å². The van der Waals surface area contributed by atoms with Crippen molar-refractivity contribution in [1.29, 1.82) is 0 Å². The molecule has 9 aromatic rings. The molecule has 0 spiro atoms. The molecule has 0 saturated carbocycles. The van der Waals surface area contributed by atoms with Crippen molar-refractivity contribution in [3.63, 3.8) is 0 Å². The Morgan fingerprint density at radius 1 is 0.480 bits per heavy atom. The summed E-state index contributed by atoms with van der Waals surface area (Å²) in [5.74, 6) is 0.292. The van der Waals surface area contributed by atoms with Gasteiger partial charge in [0.2, 0.25) is 0 Å². The summed E-state index contributed by atoms with van der Waals surface area (Å²) in [4.78, 5) is 19.1. The van der Waals surface area contributed by atoms with Crippen LogP contribution >= 0.6 is 22.7 Å². The molecule has 7 aromatic carbocycles. The van der Waals surface area contributed by atoms with Crippen molar-refractivity contribution >= 4 is 88.5 Å². The molecule has 0 unspecified atom stereocenters. The van der Waals surface area contributed by atoms with Gasteiger partial charge in [-0.25, -0.2) is 9.97 Å². The fraction of sp³-hybridized carbons (Fsp3) is 0. The van der Waals surface area contributed by atoms with Gasteiger partial charge in [-0.3, -0.25) is 9.98 Å². The number of thiazole rings is 2. The van der Waals surface area contributed by atoms with E-state index < -0.39 is 0 Å². The minimum Gasteiger partial charge on any atom is -0.507 e. The molecule has 0 radical (unpaired) electrons. The molecule has 0 fully saturated rings. The molecule has 0 aliphatic rings. The van der Waals surface area contributed by atoms with Gasteiger partial charge in [-0.05, 0) is 82.2 Å². The van der Waals surface area contributed by atoms with Crippen LogP contribution in [0, 0.1) is 0 Å². The van der Waals surface area contributed by atoms with E-state index in [-0.39, 0.29) is 11.5 Å². The lowest BCUT2D eigenvalue weighted by atomic mass is 10.00. The van der Waals surface area contributed by atoms with E-state index in [2.05, 4.69) is 0 Å². The molecule has 0 aliphatic carbocycles. The Bertz CT molecular complexity index is 2540. The maximum absolute atomic E-state index is 11.5. The number of phenols is 2. The van der Waals surface area contributed by atoms with Crippen molar-refractivity contribution in [2.24, 2.45) is 9.98 Å². The number of phenolic OH excluding ortho intramolecular Hbond substituents is 2. The number of rotatable bonds is 6. The molecule has 0 saturated heterocycles. The maximum atomic E-state index is 11.5. The van der Waals surface area contributed by atoms with E-state index in [1.165, 1.54) is 0 Å². The number of benzene rings is 7. The molecule has 2 aromatic heterocycles. The second-order valence-electron chi connectivity index (χ2n) is 11.8. The highest BCUT2D eigenvalue weighted by Gasteiger charge is 2.18. The van der Waals surface area contributed by atoms with E-state index in [0.29, 0.717) is 33.6 Å². The van der Waals surface area contributed by atoms with Crippen molar-refractivity contribution < 1.29 is 10.2 Å². The average Bonchev–Trinajstić information content (AvgIpc) is 3.79. The van der Waals surface area contributed by atoms with Gasteiger partial charge in [0.25, 0.3) is 0 Å². The number of aromatic hydroxyl groups is 2. The minimum absolute atomic E-state index is 0.146. The molecule has 0 bridgehead atoms. The van der Waals surface area contributed by atoms with Crippen LogP contribution in [0.5, 0.6) is 11.5 Å². The van der Waals surface area contributed by atoms with Crippen LogP contribution in [-0.2, 0) is 0 Å². The zero-order valence-electron chi connectivity index (χ0n) is 26.4. The fourth-order valence-electron chi connectivity index (χ4n) is 6.19. The van der Waals surface area contributed by atoms with Crippen LogP contribution in [0.1, 0.15) is 11.1 Å². The molecule has 8 heteroatoms. The number of hydrogen-bond donors (Lipinski definition) is 2. The molecule has 238 valence electrons. The monoisotopic (exact) mass is 682 g/mol. The van der Waals surface area contributed by atoms with Gasteiger partial charge in [-0.1, -0.05) is 72.8 Å².